The summed E-state index contributed by atoms with van der Waals surface area (Å²) < 4.78 is 24.3. The summed E-state index contributed by atoms with van der Waals surface area (Å²) >= 11 is 3.61. The molecule has 0 spiro atoms. The van der Waals surface area contributed by atoms with Crippen molar-refractivity contribution in [2.45, 2.75) is 26.6 Å². The van der Waals surface area contributed by atoms with E-state index >= 15 is 0 Å². The van der Waals surface area contributed by atoms with Gasteiger partial charge >= 0.3 is 0 Å². The Balaban J connectivity index is 1.22. The lowest BCUT2D eigenvalue weighted by Crippen LogP contribution is -2.19. The molecule has 5 aromatic carbocycles. The van der Waals surface area contributed by atoms with Crippen LogP contribution >= 0.6 is 15.9 Å². The zero-order valence-corrected chi connectivity index (χ0v) is 26.2. The summed E-state index contributed by atoms with van der Waals surface area (Å²) in [6.45, 7) is 3.09. The molecule has 0 atom stereocenters. The van der Waals surface area contributed by atoms with E-state index in [1.54, 1.807) is 13.3 Å². The maximum absolute atomic E-state index is 12.6. The molecule has 1 amide bonds. The third-order valence-electron chi connectivity index (χ3n) is 6.81. The highest BCUT2D eigenvalue weighted by Gasteiger charge is 2.14. The Morgan fingerprint density at radius 1 is 0.795 bits per heavy atom. The topological polar surface area (TPSA) is 78.4 Å². The van der Waals surface area contributed by atoms with Crippen LogP contribution in [0.15, 0.2) is 113 Å². The number of carbonyl (C=O) groups is 1. The van der Waals surface area contributed by atoms with Crippen molar-refractivity contribution in [1.82, 2.24) is 5.43 Å². The van der Waals surface area contributed by atoms with Crippen LogP contribution in [0.1, 0.15) is 29.2 Å². The standard InChI is InChI=1S/C36H33BrN2O5/c1-3-42-34-20-27(22-38-39-35(40)21-29-14-9-13-28-12-7-8-15-30(28)29)18-31(37)36(34)44-24-26-16-17-32(33(19-26)41-2)43-23-25-10-5-4-6-11-25/h4-20,22H,3,21,23-24H2,1-2H3,(H,39,40)/b38-22+. The normalized spacial score (nSPS) is 11.0. The van der Waals surface area contributed by atoms with E-state index in [9.17, 15) is 4.79 Å². The fraction of sp³-hybridized carbons (Fsp3) is 0.167. The van der Waals surface area contributed by atoms with Gasteiger partial charge in [-0.05, 0) is 80.1 Å². The average molecular weight is 654 g/mol. The lowest BCUT2D eigenvalue weighted by molar-refractivity contribution is -0.120. The minimum Gasteiger partial charge on any atom is -0.493 e. The maximum Gasteiger partial charge on any atom is 0.244 e. The molecule has 0 unspecified atom stereocenters. The summed E-state index contributed by atoms with van der Waals surface area (Å²) in [7, 11) is 1.62. The van der Waals surface area contributed by atoms with Gasteiger partial charge < -0.3 is 18.9 Å². The Labute approximate surface area is 265 Å². The lowest BCUT2D eigenvalue weighted by atomic mass is 10.0. The summed E-state index contributed by atoms with van der Waals surface area (Å²) in [5.41, 5.74) is 6.30. The number of fused-ring (bicyclic) bond motifs is 1. The number of ether oxygens (including phenoxy) is 4. The van der Waals surface area contributed by atoms with Crippen LogP contribution in [0, 0.1) is 0 Å². The first-order valence-corrected chi connectivity index (χ1v) is 15.0. The molecule has 5 aromatic rings. The van der Waals surface area contributed by atoms with Gasteiger partial charge in [0.05, 0.1) is 30.8 Å². The van der Waals surface area contributed by atoms with Crippen molar-refractivity contribution in [3.05, 3.63) is 130 Å². The van der Waals surface area contributed by atoms with E-state index in [2.05, 4.69) is 26.5 Å². The van der Waals surface area contributed by atoms with Gasteiger partial charge in [0.2, 0.25) is 5.91 Å². The van der Waals surface area contributed by atoms with Gasteiger partial charge in [0.25, 0.3) is 0 Å². The largest absolute Gasteiger partial charge is 0.493 e. The molecule has 8 heteroatoms. The first kappa shape index (κ1) is 30.6. The van der Waals surface area contributed by atoms with Crippen molar-refractivity contribution in [3.8, 4) is 23.0 Å². The van der Waals surface area contributed by atoms with Gasteiger partial charge in [-0.3, -0.25) is 4.79 Å². The van der Waals surface area contributed by atoms with Crippen LogP contribution in [0.3, 0.4) is 0 Å². The zero-order valence-electron chi connectivity index (χ0n) is 24.6. The number of hydrazone groups is 1. The van der Waals surface area contributed by atoms with Crippen LogP contribution in [0.4, 0.5) is 0 Å². The van der Waals surface area contributed by atoms with E-state index in [1.807, 2.05) is 110 Å². The third kappa shape index (κ3) is 7.96. The Kier molecular flexibility index (Phi) is 10.5. The highest BCUT2D eigenvalue weighted by atomic mass is 79.9. The molecule has 0 aliphatic heterocycles. The van der Waals surface area contributed by atoms with Crippen LogP contribution in [-0.4, -0.2) is 25.8 Å². The molecule has 0 radical (unpaired) electrons. The molecule has 0 saturated heterocycles. The second-order valence-electron chi connectivity index (χ2n) is 9.92. The summed E-state index contributed by atoms with van der Waals surface area (Å²) in [5, 5.41) is 6.33. The van der Waals surface area contributed by atoms with E-state index < -0.39 is 0 Å². The number of benzene rings is 5. The monoisotopic (exact) mass is 652 g/mol. The second-order valence-corrected chi connectivity index (χ2v) is 10.8. The number of carbonyl (C=O) groups excluding carboxylic acids is 1. The van der Waals surface area contributed by atoms with Crippen LogP contribution < -0.4 is 24.4 Å². The molecule has 224 valence electrons. The molecule has 5 rings (SSSR count). The van der Waals surface area contributed by atoms with Crippen LogP contribution in [-0.2, 0) is 24.4 Å². The van der Waals surface area contributed by atoms with Gasteiger partial charge in [-0.1, -0.05) is 78.9 Å². The average Bonchev–Trinajstić information content (AvgIpc) is 3.04. The summed E-state index contributed by atoms with van der Waals surface area (Å²) in [6, 6.07) is 33.3. The maximum atomic E-state index is 12.6. The van der Waals surface area contributed by atoms with Crippen LogP contribution in [0.2, 0.25) is 0 Å². The van der Waals surface area contributed by atoms with E-state index in [0.29, 0.717) is 40.7 Å². The number of halogens is 1. The SMILES string of the molecule is CCOc1cc(/C=N/NC(=O)Cc2cccc3ccccc23)cc(Br)c1OCc1ccc(OCc2ccccc2)c(OC)c1. The molecule has 0 aliphatic carbocycles. The lowest BCUT2D eigenvalue weighted by Gasteiger charge is -2.16. The molecule has 7 nitrogen and oxygen atoms in total. The smallest absolute Gasteiger partial charge is 0.244 e. The Morgan fingerprint density at radius 3 is 2.39 bits per heavy atom. The Hall–Kier alpha value is -4.82. The molecule has 0 bridgehead atoms. The van der Waals surface area contributed by atoms with Crippen molar-refractivity contribution in [1.29, 1.82) is 0 Å². The fourth-order valence-corrected chi connectivity index (χ4v) is 5.29. The molecule has 1 N–H and O–H groups in total. The van der Waals surface area contributed by atoms with Gasteiger partial charge in [-0.25, -0.2) is 5.43 Å². The second kappa shape index (κ2) is 15.1. The summed E-state index contributed by atoms with van der Waals surface area (Å²) in [6.07, 6.45) is 1.81. The zero-order chi connectivity index (χ0) is 30.7. The van der Waals surface area contributed by atoms with Gasteiger partial charge in [-0.15, -0.1) is 0 Å². The number of amides is 1. The number of methoxy groups -OCH3 is 1. The quantitative estimate of drug-likeness (QED) is 0.103. The molecule has 0 heterocycles. The number of nitrogens with zero attached hydrogens (tertiary/aromatic N) is 1. The highest BCUT2D eigenvalue weighted by Crippen LogP contribution is 2.38. The highest BCUT2D eigenvalue weighted by molar-refractivity contribution is 9.10. The van der Waals surface area contributed by atoms with Gasteiger partial charge in [0, 0.05) is 0 Å². The van der Waals surface area contributed by atoms with E-state index in [4.69, 9.17) is 18.9 Å². The summed E-state index contributed by atoms with van der Waals surface area (Å²) in [4.78, 5) is 12.6. The van der Waals surface area contributed by atoms with Crippen molar-refractivity contribution in [2.75, 3.05) is 13.7 Å². The van der Waals surface area contributed by atoms with Crippen molar-refractivity contribution in [2.24, 2.45) is 5.10 Å². The van der Waals surface area contributed by atoms with Gasteiger partial charge in [-0.2, -0.15) is 5.10 Å². The van der Waals surface area contributed by atoms with Crippen molar-refractivity contribution in [3.63, 3.8) is 0 Å². The predicted molar refractivity (Wildman–Crippen MR) is 177 cm³/mol. The van der Waals surface area contributed by atoms with Gasteiger partial charge in [0.1, 0.15) is 13.2 Å². The molecule has 44 heavy (non-hydrogen) atoms. The number of hydrogen-bond acceptors (Lipinski definition) is 6. The Morgan fingerprint density at radius 2 is 1.57 bits per heavy atom. The molecule has 0 aromatic heterocycles. The number of nitrogens with one attached hydrogen (secondary N) is 1. The van der Waals surface area contributed by atoms with E-state index in [1.165, 1.54) is 0 Å². The molecule has 0 fully saturated rings. The van der Waals surface area contributed by atoms with Gasteiger partial charge in [0.15, 0.2) is 23.0 Å². The first-order valence-electron chi connectivity index (χ1n) is 14.3. The third-order valence-corrected chi connectivity index (χ3v) is 7.40. The van der Waals surface area contributed by atoms with E-state index in [-0.39, 0.29) is 18.9 Å². The van der Waals surface area contributed by atoms with Crippen LogP contribution in [0.5, 0.6) is 23.0 Å². The molecule has 0 saturated carbocycles. The number of hydrogen-bond donors (Lipinski definition) is 1. The fourth-order valence-electron chi connectivity index (χ4n) is 4.72. The van der Waals surface area contributed by atoms with Crippen LogP contribution in [0.25, 0.3) is 10.8 Å². The predicted octanol–water partition coefficient (Wildman–Crippen LogP) is 7.86. The Bertz CT molecular complexity index is 1750. The molecular formula is C36H33BrN2O5. The first-order chi connectivity index (χ1) is 21.5. The molecular weight excluding hydrogens is 620 g/mol. The number of rotatable bonds is 13. The van der Waals surface area contributed by atoms with Crippen molar-refractivity contribution >= 4 is 38.8 Å². The summed E-state index contributed by atoms with van der Waals surface area (Å²) in [5.74, 6) is 2.20. The van der Waals surface area contributed by atoms with Crippen molar-refractivity contribution < 1.29 is 23.7 Å². The minimum absolute atomic E-state index is 0.200. The molecule has 0 aliphatic rings. The minimum atomic E-state index is -0.200. The van der Waals surface area contributed by atoms with E-state index in [0.717, 1.165) is 33.0 Å².